The molecule has 2 rings (SSSR count). The fourth-order valence-electron chi connectivity index (χ4n) is 2.45. The first kappa shape index (κ1) is 12.6. The highest BCUT2D eigenvalue weighted by Crippen LogP contribution is 2.38. The van der Waals surface area contributed by atoms with Gasteiger partial charge in [-0.1, -0.05) is 25.3 Å². The molecule has 3 nitrogen and oxygen atoms in total. The summed E-state index contributed by atoms with van der Waals surface area (Å²) in [7, 11) is 0. The van der Waals surface area contributed by atoms with Gasteiger partial charge >= 0.3 is 0 Å². The predicted molar refractivity (Wildman–Crippen MR) is 76.5 cm³/mol. The molecule has 0 atom stereocenters. The third-order valence-electron chi connectivity index (χ3n) is 3.56. The van der Waals surface area contributed by atoms with E-state index in [4.69, 9.17) is 5.73 Å². The van der Waals surface area contributed by atoms with Gasteiger partial charge in [0.15, 0.2) is 0 Å². The lowest BCUT2D eigenvalue weighted by Crippen LogP contribution is -2.35. The van der Waals surface area contributed by atoms with Crippen LogP contribution >= 0.6 is 11.8 Å². The van der Waals surface area contributed by atoms with Crippen LogP contribution in [0.15, 0.2) is 18.2 Å². The zero-order valence-corrected chi connectivity index (χ0v) is 11.2. The Balaban J connectivity index is 1.95. The fourth-order valence-corrected chi connectivity index (χ4v) is 3.36. The average molecular weight is 251 g/mol. The number of aromatic nitrogens is 1. The number of rotatable bonds is 4. The van der Waals surface area contributed by atoms with Crippen LogP contribution < -0.4 is 11.1 Å². The van der Waals surface area contributed by atoms with Crippen molar-refractivity contribution in [3.05, 3.63) is 18.2 Å². The maximum atomic E-state index is 5.68. The standard InChI is InChI=1S/C13H21N3S/c1-17-13(8-3-2-4-9-13)10-15-12-7-5-6-11(14)16-12/h5-7H,2-4,8-10H2,1H3,(H3,14,15,16). The summed E-state index contributed by atoms with van der Waals surface area (Å²) >= 11 is 2.00. The molecule has 94 valence electrons. The first-order valence-electron chi connectivity index (χ1n) is 6.26. The Kier molecular flexibility index (Phi) is 4.15. The summed E-state index contributed by atoms with van der Waals surface area (Å²) in [6.45, 7) is 0.991. The first-order valence-corrected chi connectivity index (χ1v) is 7.48. The van der Waals surface area contributed by atoms with Gasteiger partial charge in [-0.3, -0.25) is 0 Å². The molecule has 17 heavy (non-hydrogen) atoms. The third kappa shape index (κ3) is 3.28. The first-order chi connectivity index (χ1) is 8.24. The Bertz CT molecular complexity index is 361. The predicted octanol–water partition coefficient (Wildman–Crippen LogP) is 3.14. The number of nitrogens with zero attached hydrogens (tertiary/aromatic N) is 1. The number of nitrogen functional groups attached to an aromatic ring is 1. The van der Waals surface area contributed by atoms with E-state index in [1.54, 1.807) is 0 Å². The van der Waals surface area contributed by atoms with Crippen molar-refractivity contribution in [3.8, 4) is 0 Å². The summed E-state index contributed by atoms with van der Waals surface area (Å²) in [5, 5.41) is 3.44. The third-order valence-corrected chi connectivity index (χ3v) is 4.98. The highest BCUT2D eigenvalue weighted by atomic mass is 32.2. The molecule has 1 aromatic heterocycles. The molecule has 0 spiro atoms. The zero-order valence-electron chi connectivity index (χ0n) is 10.4. The van der Waals surface area contributed by atoms with Crippen molar-refractivity contribution in [2.45, 2.75) is 36.9 Å². The van der Waals surface area contributed by atoms with E-state index in [0.717, 1.165) is 12.4 Å². The van der Waals surface area contributed by atoms with Gasteiger partial charge in [-0.2, -0.15) is 11.8 Å². The summed E-state index contributed by atoms with van der Waals surface area (Å²) in [5.41, 5.74) is 5.68. The van der Waals surface area contributed by atoms with Gasteiger partial charge in [-0.05, 0) is 31.2 Å². The van der Waals surface area contributed by atoms with Crippen molar-refractivity contribution < 1.29 is 0 Å². The van der Waals surface area contributed by atoms with Crippen LogP contribution in [-0.2, 0) is 0 Å². The molecule has 0 bridgehead atoms. The largest absolute Gasteiger partial charge is 0.384 e. The Labute approximate surface area is 108 Å². The molecule has 1 aliphatic rings. The molecule has 0 unspecified atom stereocenters. The van der Waals surface area contributed by atoms with E-state index in [-0.39, 0.29) is 0 Å². The molecule has 1 heterocycles. The average Bonchev–Trinajstić information content (AvgIpc) is 2.38. The van der Waals surface area contributed by atoms with Crippen molar-refractivity contribution in [3.63, 3.8) is 0 Å². The van der Waals surface area contributed by atoms with Gasteiger partial charge in [0.1, 0.15) is 11.6 Å². The SMILES string of the molecule is CSC1(CNc2cccc(N)n2)CCCCC1. The second-order valence-electron chi connectivity index (χ2n) is 4.75. The van der Waals surface area contributed by atoms with Crippen molar-refractivity contribution in [1.82, 2.24) is 4.98 Å². The molecular formula is C13H21N3S. The van der Waals surface area contributed by atoms with E-state index >= 15 is 0 Å². The molecular weight excluding hydrogens is 230 g/mol. The molecule has 1 fully saturated rings. The minimum absolute atomic E-state index is 0.393. The van der Waals surface area contributed by atoms with Crippen LogP contribution in [0.2, 0.25) is 0 Å². The Morgan fingerprint density at radius 2 is 2.12 bits per heavy atom. The maximum Gasteiger partial charge on any atom is 0.128 e. The number of hydrogen-bond donors (Lipinski definition) is 2. The minimum Gasteiger partial charge on any atom is -0.384 e. The topological polar surface area (TPSA) is 50.9 Å². The second kappa shape index (κ2) is 5.63. The van der Waals surface area contributed by atoms with Crippen LogP contribution in [-0.4, -0.2) is 22.5 Å². The number of nitrogens with one attached hydrogen (secondary N) is 1. The summed E-state index contributed by atoms with van der Waals surface area (Å²) in [6.07, 6.45) is 8.94. The number of nitrogens with two attached hydrogens (primary N) is 1. The summed E-state index contributed by atoms with van der Waals surface area (Å²) in [4.78, 5) is 4.28. The molecule has 0 aromatic carbocycles. The van der Waals surface area contributed by atoms with Crippen LogP contribution in [0.4, 0.5) is 11.6 Å². The lowest BCUT2D eigenvalue weighted by atomic mass is 9.88. The lowest BCUT2D eigenvalue weighted by molar-refractivity contribution is 0.411. The summed E-state index contributed by atoms with van der Waals surface area (Å²) in [5.74, 6) is 1.47. The van der Waals surface area contributed by atoms with Gasteiger partial charge in [0, 0.05) is 11.3 Å². The van der Waals surface area contributed by atoms with Crippen LogP contribution in [0.1, 0.15) is 32.1 Å². The van der Waals surface area contributed by atoms with E-state index in [1.165, 1.54) is 32.1 Å². The Hall–Kier alpha value is -0.900. The van der Waals surface area contributed by atoms with Crippen molar-refractivity contribution in [2.24, 2.45) is 0 Å². The number of anilines is 2. The van der Waals surface area contributed by atoms with Gasteiger partial charge in [0.05, 0.1) is 0 Å². The van der Waals surface area contributed by atoms with Crippen molar-refractivity contribution in [2.75, 3.05) is 23.9 Å². The van der Waals surface area contributed by atoms with Gasteiger partial charge in [0.25, 0.3) is 0 Å². The maximum absolute atomic E-state index is 5.68. The van der Waals surface area contributed by atoms with E-state index in [2.05, 4.69) is 16.6 Å². The number of hydrogen-bond acceptors (Lipinski definition) is 4. The van der Waals surface area contributed by atoms with E-state index in [0.29, 0.717) is 10.6 Å². The lowest BCUT2D eigenvalue weighted by Gasteiger charge is -2.36. The second-order valence-corrected chi connectivity index (χ2v) is 6.02. The van der Waals surface area contributed by atoms with Crippen molar-refractivity contribution in [1.29, 1.82) is 0 Å². The highest BCUT2D eigenvalue weighted by molar-refractivity contribution is 8.00. The molecule has 0 amide bonds. The number of pyridine rings is 1. The quantitative estimate of drug-likeness (QED) is 0.863. The molecule has 0 aliphatic heterocycles. The van der Waals surface area contributed by atoms with Gasteiger partial charge in [0.2, 0.25) is 0 Å². The van der Waals surface area contributed by atoms with Crippen molar-refractivity contribution >= 4 is 23.4 Å². The minimum atomic E-state index is 0.393. The van der Waals surface area contributed by atoms with Gasteiger partial charge in [-0.15, -0.1) is 0 Å². The molecule has 0 saturated heterocycles. The zero-order chi connectivity index (χ0) is 12.1. The fraction of sp³-hybridized carbons (Fsp3) is 0.615. The highest BCUT2D eigenvalue weighted by Gasteiger charge is 2.30. The molecule has 3 N–H and O–H groups in total. The smallest absolute Gasteiger partial charge is 0.128 e. The molecule has 1 aliphatic carbocycles. The van der Waals surface area contributed by atoms with E-state index in [9.17, 15) is 0 Å². The van der Waals surface area contributed by atoms with Gasteiger partial charge < -0.3 is 11.1 Å². The summed E-state index contributed by atoms with van der Waals surface area (Å²) in [6, 6.07) is 5.74. The monoisotopic (exact) mass is 251 g/mol. The van der Waals surface area contributed by atoms with Crippen LogP contribution in [0.25, 0.3) is 0 Å². The van der Waals surface area contributed by atoms with E-state index in [1.807, 2.05) is 30.0 Å². The Morgan fingerprint density at radius 1 is 1.35 bits per heavy atom. The van der Waals surface area contributed by atoms with Gasteiger partial charge in [-0.25, -0.2) is 4.98 Å². The molecule has 1 saturated carbocycles. The molecule has 1 aromatic rings. The van der Waals surface area contributed by atoms with Crippen LogP contribution in [0, 0.1) is 0 Å². The normalized spacial score (nSPS) is 18.9. The molecule has 0 radical (unpaired) electrons. The Morgan fingerprint density at radius 3 is 2.76 bits per heavy atom. The van der Waals surface area contributed by atoms with Crippen LogP contribution in [0.5, 0.6) is 0 Å². The van der Waals surface area contributed by atoms with Crippen LogP contribution in [0.3, 0.4) is 0 Å². The number of thioether (sulfide) groups is 1. The summed E-state index contributed by atoms with van der Waals surface area (Å²) < 4.78 is 0.393. The van der Waals surface area contributed by atoms with E-state index < -0.39 is 0 Å². The molecule has 4 heteroatoms.